The molecule has 17 heavy (non-hydrogen) atoms. The highest BCUT2D eigenvalue weighted by molar-refractivity contribution is 4.82. The van der Waals surface area contributed by atoms with E-state index in [-0.39, 0.29) is 12.6 Å². The molecular formula is C11H20F3NO2. The van der Waals surface area contributed by atoms with E-state index in [1.54, 1.807) is 11.8 Å². The molecule has 1 rings (SSSR count). The van der Waals surface area contributed by atoms with Crippen LogP contribution in [0.3, 0.4) is 0 Å². The zero-order valence-corrected chi connectivity index (χ0v) is 9.95. The van der Waals surface area contributed by atoms with Crippen LogP contribution in [0.25, 0.3) is 0 Å². The first-order valence-electron chi connectivity index (χ1n) is 5.97. The molecule has 0 radical (unpaired) electrons. The number of β-amino-alcohol motifs (C(OH)–C–C–N with tert-alkyl or cyclic N) is 1. The third kappa shape index (κ3) is 4.81. The van der Waals surface area contributed by atoms with E-state index in [4.69, 9.17) is 5.11 Å². The number of halogens is 3. The van der Waals surface area contributed by atoms with Crippen LogP contribution in [0.1, 0.15) is 32.6 Å². The van der Waals surface area contributed by atoms with Crippen LogP contribution >= 0.6 is 0 Å². The van der Waals surface area contributed by atoms with E-state index in [0.717, 1.165) is 19.3 Å². The monoisotopic (exact) mass is 255 g/mol. The van der Waals surface area contributed by atoms with Gasteiger partial charge in [-0.05, 0) is 32.7 Å². The maximum atomic E-state index is 12.3. The van der Waals surface area contributed by atoms with E-state index in [0.29, 0.717) is 13.0 Å². The fraction of sp³-hybridized carbons (Fsp3) is 1.00. The number of hydrogen-bond donors (Lipinski definition) is 2. The van der Waals surface area contributed by atoms with E-state index in [1.807, 2.05) is 0 Å². The van der Waals surface area contributed by atoms with Gasteiger partial charge >= 0.3 is 6.18 Å². The molecule has 1 aliphatic heterocycles. The van der Waals surface area contributed by atoms with Gasteiger partial charge < -0.3 is 10.2 Å². The Morgan fingerprint density at radius 1 is 1.29 bits per heavy atom. The molecule has 0 saturated carbocycles. The molecule has 0 aromatic carbocycles. The molecule has 6 heteroatoms. The molecule has 102 valence electrons. The van der Waals surface area contributed by atoms with Crippen LogP contribution in [-0.4, -0.2) is 52.6 Å². The Labute approximate surface area is 99.2 Å². The maximum absolute atomic E-state index is 12.3. The van der Waals surface area contributed by atoms with E-state index in [9.17, 15) is 18.3 Å². The zero-order chi connectivity index (χ0) is 13.1. The third-order valence-corrected chi connectivity index (χ3v) is 3.15. The van der Waals surface area contributed by atoms with Gasteiger partial charge in [0.2, 0.25) is 0 Å². The van der Waals surface area contributed by atoms with Gasteiger partial charge in [-0.1, -0.05) is 6.42 Å². The molecule has 1 aliphatic rings. The average Bonchev–Trinajstić information content (AvgIpc) is 2.18. The molecule has 3 nitrogen and oxygen atoms in total. The summed E-state index contributed by atoms with van der Waals surface area (Å²) in [4.78, 5) is 1.65. The Morgan fingerprint density at radius 3 is 2.47 bits per heavy atom. The van der Waals surface area contributed by atoms with Gasteiger partial charge in [-0.15, -0.1) is 0 Å². The van der Waals surface area contributed by atoms with E-state index in [1.165, 1.54) is 0 Å². The molecule has 2 N–H and O–H groups in total. The Kier molecular flexibility index (Phi) is 5.22. The van der Waals surface area contributed by atoms with Gasteiger partial charge in [-0.2, -0.15) is 13.2 Å². The summed E-state index contributed by atoms with van der Waals surface area (Å²) in [5, 5.41) is 18.4. The molecule has 1 fully saturated rings. The Balaban J connectivity index is 2.53. The molecule has 0 aromatic heterocycles. The predicted octanol–water partition coefficient (Wildman–Crippen LogP) is 1.53. The number of likely N-dealkylation sites (tertiary alicyclic amines) is 1. The second-order valence-electron chi connectivity index (χ2n) is 4.79. The van der Waals surface area contributed by atoms with Gasteiger partial charge in [0.1, 0.15) is 0 Å². The summed E-state index contributed by atoms with van der Waals surface area (Å²) in [6.45, 7) is 1.80. The lowest BCUT2D eigenvalue weighted by Crippen LogP contribution is -2.48. The second kappa shape index (κ2) is 6.02. The van der Waals surface area contributed by atoms with Crippen molar-refractivity contribution >= 4 is 0 Å². The minimum Gasteiger partial charge on any atom is -0.393 e. The molecule has 0 aliphatic carbocycles. The van der Waals surface area contributed by atoms with Crippen LogP contribution < -0.4 is 0 Å². The predicted molar refractivity (Wildman–Crippen MR) is 57.6 cm³/mol. The van der Waals surface area contributed by atoms with Crippen molar-refractivity contribution < 1.29 is 23.4 Å². The normalized spacial score (nSPS) is 26.8. The summed E-state index contributed by atoms with van der Waals surface area (Å²) in [5.41, 5.74) is 0. The minimum atomic E-state index is -4.56. The number of aliphatic hydroxyl groups excluding tert-OH is 2. The van der Waals surface area contributed by atoms with E-state index in [2.05, 4.69) is 0 Å². The topological polar surface area (TPSA) is 43.7 Å². The molecule has 0 bridgehead atoms. The number of aliphatic hydroxyl groups is 2. The van der Waals surface area contributed by atoms with Crippen molar-refractivity contribution in [1.82, 2.24) is 4.90 Å². The fourth-order valence-electron chi connectivity index (χ4n) is 2.29. The first-order chi connectivity index (χ1) is 7.80. The highest BCUT2D eigenvalue weighted by atomic mass is 19.4. The molecule has 3 atom stereocenters. The summed E-state index contributed by atoms with van der Waals surface area (Å²) in [6.07, 6.45) is -4.32. The SMILES string of the molecule is CC(O)CC1CCCCN1CC(O)C(F)(F)F. The summed E-state index contributed by atoms with van der Waals surface area (Å²) in [7, 11) is 0. The van der Waals surface area contributed by atoms with Crippen molar-refractivity contribution in [1.29, 1.82) is 0 Å². The van der Waals surface area contributed by atoms with Crippen molar-refractivity contribution in [2.75, 3.05) is 13.1 Å². The zero-order valence-electron chi connectivity index (χ0n) is 9.95. The van der Waals surface area contributed by atoms with Crippen LogP contribution in [0.4, 0.5) is 13.2 Å². The summed E-state index contributed by atoms with van der Waals surface area (Å²) in [6, 6.07) is -0.0549. The largest absolute Gasteiger partial charge is 0.415 e. The minimum absolute atomic E-state index is 0.0549. The highest BCUT2D eigenvalue weighted by Crippen LogP contribution is 2.25. The molecule has 1 heterocycles. The van der Waals surface area contributed by atoms with Crippen molar-refractivity contribution in [3.63, 3.8) is 0 Å². The lowest BCUT2D eigenvalue weighted by molar-refractivity contribution is -0.210. The number of nitrogens with zero attached hydrogens (tertiary/aromatic N) is 1. The molecule has 1 saturated heterocycles. The second-order valence-corrected chi connectivity index (χ2v) is 4.79. The van der Waals surface area contributed by atoms with Crippen LogP contribution in [-0.2, 0) is 0 Å². The summed E-state index contributed by atoms with van der Waals surface area (Å²) >= 11 is 0. The maximum Gasteiger partial charge on any atom is 0.415 e. The lowest BCUT2D eigenvalue weighted by atomic mass is 9.97. The van der Waals surface area contributed by atoms with Crippen molar-refractivity contribution in [3.05, 3.63) is 0 Å². The van der Waals surface area contributed by atoms with Crippen LogP contribution in [0, 0.1) is 0 Å². The van der Waals surface area contributed by atoms with Gasteiger partial charge in [-0.3, -0.25) is 4.90 Å². The van der Waals surface area contributed by atoms with E-state index < -0.39 is 18.4 Å². The molecule has 0 spiro atoms. The van der Waals surface area contributed by atoms with Gasteiger partial charge in [-0.25, -0.2) is 0 Å². The van der Waals surface area contributed by atoms with Crippen molar-refractivity contribution in [2.24, 2.45) is 0 Å². The van der Waals surface area contributed by atoms with Crippen LogP contribution in [0.2, 0.25) is 0 Å². The van der Waals surface area contributed by atoms with E-state index >= 15 is 0 Å². The average molecular weight is 255 g/mol. The Hall–Kier alpha value is -0.330. The Morgan fingerprint density at radius 2 is 1.94 bits per heavy atom. The summed E-state index contributed by atoms with van der Waals surface area (Å²) < 4.78 is 36.8. The smallest absolute Gasteiger partial charge is 0.393 e. The third-order valence-electron chi connectivity index (χ3n) is 3.15. The van der Waals surface area contributed by atoms with Crippen LogP contribution in [0.15, 0.2) is 0 Å². The molecule has 0 amide bonds. The van der Waals surface area contributed by atoms with Crippen LogP contribution in [0.5, 0.6) is 0 Å². The quantitative estimate of drug-likeness (QED) is 0.800. The van der Waals surface area contributed by atoms with Crippen molar-refractivity contribution in [2.45, 2.75) is 57.0 Å². The van der Waals surface area contributed by atoms with Gasteiger partial charge in [0.15, 0.2) is 6.10 Å². The Bertz CT molecular complexity index is 233. The summed E-state index contributed by atoms with van der Waals surface area (Å²) in [5.74, 6) is 0. The van der Waals surface area contributed by atoms with Gasteiger partial charge in [0.05, 0.1) is 6.10 Å². The van der Waals surface area contributed by atoms with Gasteiger partial charge in [0, 0.05) is 12.6 Å². The molecule has 3 unspecified atom stereocenters. The lowest BCUT2D eigenvalue weighted by Gasteiger charge is -2.37. The standard InChI is InChI=1S/C11H20F3NO2/c1-8(16)6-9-4-2-3-5-15(9)7-10(17)11(12,13)14/h8-10,16-17H,2-7H2,1H3. The number of alkyl halides is 3. The fourth-order valence-corrected chi connectivity index (χ4v) is 2.29. The molecule has 0 aromatic rings. The number of piperidine rings is 1. The number of hydrogen-bond acceptors (Lipinski definition) is 3. The van der Waals surface area contributed by atoms with Crippen molar-refractivity contribution in [3.8, 4) is 0 Å². The first kappa shape index (κ1) is 14.7. The molecular weight excluding hydrogens is 235 g/mol. The first-order valence-corrected chi connectivity index (χ1v) is 5.97. The van der Waals surface area contributed by atoms with Gasteiger partial charge in [0.25, 0.3) is 0 Å². The highest BCUT2D eigenvalue weighted by Gasteiger charge is 2.40. The number of rotatable bonds is 4.